The van der Waals surface area contributed by atoms with Crippen molar-refractivity contribution < 1.29 is 13.3 Å². The van der Waals surface area contributed by atoms with Crippen molar-refractivity contribution in [3.8, 4) is 112 Å². The van der Waals surface area contributed by atoms with Crippen LogP contribution in [0, 0.1) is 0 Å². The second kappa shape index (κ2) is 31.4. The Labute approximate surface area is 849 Å². The Morgan fingerprint density at radius 2 is 0.615 bits per heavy atom. The zero-order chi connectivity index (χ0) is 95.8. The fourth-order valence-corrected chi connectivity index (χ4v) is 32.1. The van der Waals surface area contributed by atoms with Gasteiger partial charge in [-0.3, -0.25) is 0 Å². The van der Waals surface area contributed by atoms with Crippen LogP contribution in [0.15, 0.2) is 359 Å². The summed E-state index contributed by atoms with van der Waals surface area (Å²) in [5.41, 5.74) is 34.5. The smallest absolute Gasteiger partial charge is 0.143 e. The van der Waals surface area contributed by atoms with E-state index in [9.17, 15) is 0 Å². The van der Waals surface area contributed by atoms with Gasteiger partial charge in [-0.2, -0.15) is 0 Å². The molecule has 0 radical (unpaired) electrons. The fraction of sp³-hybridized carbons (Fsp3) is 0.121. The molecule has 25 aromatic rings. The minimum absolute atomic E-state index is 0.00692. The summed E-state index contributed by atoms with van der Waals surface area (Å²) in [6.07, 6.45) is 3.56. The van der Waals surface area contributed by atoms with Gasteiger partial charge in [-0.25, -0.2) is 0 Å². The first-order valence-electron chi connectivity index (χ1n) is 49.7. The molecule has 0 saturated carbocycles. The van der Waals surface area contributed by atoms with Crippen LogP contribution in [0.5, 0.6) is 0 Å². The molecule has 11 heteroatoms. The van der Waals surface area contributed by atoms with E-state index >= 15 is 0 Å². The quantitative estimate of drug-likeness (QED) is 0.107. The van der Waals surface area contributed by atoms with Crippen molar-refractivity contribution in [2.24, 2.45) is 0 Å². The van der Waals surface area contributed by atoms with E-state index in [2.05, 4.69) is 401 Å². The van der Waals surface area contributed by atoms with Gasteiger partial charge in [0.1, 0.15) is 22.7 Å². The van der Waals surface area contributed by atoms with E-state index in [1.807, 2.05) is 86.2 Å². The lowest BCUT2D eigenvalue weighted by Crippen LogP contribution is -2.12. The van der Waals surface area contributed by atoms with Gasteiger partial charge in [-0.05, 0) is 250 Å². The van der Waals surface area contributed by atoms with Crippen molar-refractivity contribution in [1.29, 1.82) is 0 Å². The van der Waals surface area contributed by atoms with Gasteiger partial charge in [0.25, 0.3) is 0 Å². The highest BCUT2D eigenvalue weighted by atomic mass is 32.1. The standard InChI is InChI=1S/C46H30O2S2.C44H33NS2.C42H31NOS2/c1-46(2,3)34-24-38-42-40-31(34)20-18-26(25-11-5-4-6-12-25)44(40)49-37-23-33(30-15-9-14-29-27-13-7-8-16-36(27)48-43(29)30)28-19-21-32(35-17-10-22-47-35)45(50-38)39(28)41(37)42;1-5-45-34-16-10-9-14-28(34)32-22-26(18-21-35(32)45)27-19-20-30-33(44(2,3)4)24-38-42-40(30)43(27)47-37-23-31(25-12-7-6-8-13-25)29-15-11-17-36(46-38)39(29)41(37)42;1-5-43-31-10-7-6-9-26(31)29-21-24(13-18-32(29)43)25-16-17-27-30(42(2,3)4)22-35-39-37(27)40(25)45-34-19-14-23-12-15-28(33-11-8-20-44-33)41(46-35)36(23)38(34)39/h4-24H,1-3H3;6-24H,5H2,1-4H3;6-22H,5H2,1-4H3. The van der Waals surface area contributed by atoms with Crippen LogP contribution >= 0.6 is 68.0 Å². The zero-order valence-electron chi connectivity index (χ0n) is 80.9. The third-order valence-corrected chi connectivity index (χ3v) is 37.7. The molecule has 143 heavy (non-hydrogen) atoms. The number of aryl methyl sites for hydroxylation is 2. The minimum atomic E-state index is -0.0304. The molecular weight excluding hydrogens is 1850 g/mol. The highest BCUT2D eigenvalue weighted by molar-refractivity contribution is 7.29. The Kier molecular flexibility index (Phi) is 18.7. The highest BCUT2D eigenvalue weighted by Crippen LogP contribution is 2.63. The van der Waals surface area contributed by atoms with Gasteiger partial charge in [0.15, 0.2) is 0 Å². The number of rotatable bonds is 9. The molecular formula is C132H94N2O3S6. The Morgan fingerprint density at radius 3 is 1.14 bits per heavy atom. The number of aromatic nitrogens is 2. The van der Waals surface area contributed by atoms with Crippen molar-refractivity contribution in [1.82, 2.24) is 9.13 Å². The van der Waals surface area contributed by atoms with Crippen molar-refractivity contribution in [2.45, 2.75) is 105 Å². The Hall–Kier alpha value is -14.8. The fourth-order valence-electron chi connectivity index (χ4n) is 24.5. The van der Waals surface area contributed by atoms with E-state index < -0.39 is 0 Å². The molecule has 0 aliphatic carbocycles. The molecule has 31 rings (SSSR count). The van der Waals surface area contributed by atoms with E-state index in [1.165, 1.54) is 270 Å². The number of para-hydroxylation sites is 4. The lowest BCUT2D eigenvalue weighted by atomic mass is 9.80. The minimum Gasteiger partial charge on any atom is -0.464 e. The Morgan fingerprint density at radius 1 is 0.231 bits per heavy atom. The molecule has 6 aliphatic rings. The molecule has 5 aromatic heterocycles. The van der Waals surface area contributed by atoms with Gasteiger partial charge in [-0.1, -0.05) is 275 Å². The van der Waals surface area contributed by atoms with E-state index in [1.54, 1.807) is 12.5 Å². The molecule has 0 amide bonds. The molecule has 6 aliphatic heterocycles. The van der Waals surface area contributed by atoms with Crippen LogP contribution in [-0.2, 0) is 29.3 Å². The third-order valence-electron chi connectivity index (χ3n) is 30.8. The van der Waals surface area contributed by atoms with Gasteiger partial charge in [0.2, 0.25) is 0 Å². The number of nitrogens with zero attached hydrogens (tertiary/aromatic N) is 2. The number of hydrogen-bond acceptors (Lipinski definition) is 9. The molecule has 5 nitrogen and oxygen atoms in total. The average Bonchev–Trinajstić information content (AvgIpc) is 1.06. The summed E-state index contributed by atoms with van der Waals surface area (Å²) in [4.78, 5) is 0. The summed E-state index contributed by atoms with van der Waals surface area (Å²) in [6.45, 7) is 27.5. The first-order chi connectivity index (χ1) is 69.7. The molecule has 0 N–H and O–H groups in total. The number of fused-ring (bicyclic) bond motifs is 9. The number of furan rings is 3. The average molecular weight is 1950 g/mol. The second-order valence-corrected chi connectivity index (χ2v) is 48.3. The third kappa shape index (κ3) is 12.6. The van der Waals surface area contributed by atoms with Gasteiger partial charge in [0, 0.05) is 206 Å². The molecule has 686 valence electrons. The van der Waals surface area contributed by atoms with Crippen molar-refractivity contribution >= 4 is 255 Å². The molecule has 0 spiro atoms. The highest BCUT2D eigenvalue weighted by Gasteiger charge is 2.36. The summed E-state index contributed by atoms with van der Waals surface area (Å²) in [5, 5.41) is 23.8. The van der Waals surface area contributed by atoms with E-state index in [4.69, 9.17) is 13.3 Å². The zero-order valence-corrected chi connectivity index (χ0v) is 85.8. The predicted octanol–water partition coefficient (Wildman–Crippen LogP) is 41.8. The molecule has 0 fully saturated rings. The van der Waals surface area contributed by atoms with Crippen molar-refractivity contribution in [3.63, 3.8) is 0 Å². The monoisotopic (exact) mass is 1950 g/mol. The van der Waals surface area contributed by atoms with Crippen molar-refractivity contribution in [2.75, 3.05) is 0 Å². The van der Waals surface area contributed by atoms with Crippen LogP contribution in [0.3, 0.4) is 0 Å². The summed E-state index contributed by atoms with van der Waals surface area (Å²) < 4.78 is 39.6. The van der Waals surface area contributed by atoms with E-state index in [0.29, 0.717) is 0 Å². The molecule has 0 atom stereocenters. The van der Waals surface area contributed by atoms with Crippen molar-refractivity contribution in [3.05, 3.63) is 363 Å². The maximum absolute atomic E-state index is 6.65. The van der Waals surface area contributed by atoms with Gasteiger partial charge in [-0.15, -0.1) is 68.0 Å². The Balaban J connectivity index is 0.000000102. The van der Waals surface area contributed by atoms with Gasteiger partial charge >= 0.3 is 0 Å². The Bertz CT molecular complexity index is 10500. The lowest BCUT2D eigenvalue weighted by Gasteiger charge is -2.28. The maximum Gasteiger partial charge on any atom is 0.143 e. The normalized spacial score (nSPS) is 12.8. The number of benzene rings is 20. The summed E-state index contributed by atoms with van der Waals surface area (Å²) in [7, 11) is 0. The molecule has 11 heterocycles. The van der Waals surface area contributed by atoms with Crippen LogP contribution in [0.1, 0.15) is 92.9 Å². The van der Waals surface area contributed by atoms with Crippen LogP contribution in [-0.4, -0.2) is 9.13 Å². The molecule has 20 aromatic carbocycles. The molecule has 0 unspecified atom stereocenters. The SMILES string of the molecule is CC(C)(C)c1cc2sc3c(-c4ccco4)ccc4c(-c5cccc6c5oc5ccccc56)cc5sc6c(-c7ccccc7)ccc1c6c2-c5c43.CCn1c2ccccc2c2cc(-c3ccc4c(C(C)(C)C)cc5sc6c(-c7ccco7)ccc7ccc8sc3c4c5-c8c76)ccc21.CCn1c2ccccc2c2cc(-c3ccc4c(C(C)(C)C)cc5sc6cccc7c(-c8ccccc8)cc8sc3c4c5-c8c67)ccc21. The maximum atomic E-state index is 6.65. The van der Waals surface area contributed by atoms with E-state index in [-0.39, 0.29) is 16.2 Å². The topological polar surface area (TPSA) is 49.3 Å². The van der Waals surface area contributed by atoms with E-state index in [0.717, 1.165) is 57.7 Å². The lowest BCUT2D eigenvalue weighted by molar-refractivity contribution is 0.583. The largest absolute Gasteiger partial charge is 0.464 e. The molecule has 0 bridgehead atoms. The summed E-state index contributed by atoms with van der Waals surface area (Å²) >= 11 is 11.6. The first-order valence-corrected chi connectivity index (χ1v) is 54.6. The van der Waals surface area contributed by atoms with Gasteiger partial charge in [0.05, 0.1) is 12.5 Å². The van der Waals surface area contributed by atoms with Gasteiger partial charge < -0.3 is 22.4 Å². The predicted molar refractivity (Wildman–Crippen MR) is 623 cm³/mol. The number of hydrogen-bond donors (Lipinski definition) is 0. The van der Waals surface area contributed by atoms with Crippen LogP contribution < -0.4 is 0 Å². The first kappa shape index (κ1) is 85.1. The molecule has 0 saturated heterocycles. The second-order valence-electron chi connectivity index (χ2n) is 41.9. The van der Waals surface area contributed by atoms with Crippen LogP contribution in [0.4, 0.5) is 0 Å². The van der Waals surface area contributed by atoms with Crippen LogP contribution in [0.2, 0.25) is 0 Å². The van der Waals surface area contributed by atoms with Crippen LogP contribution in [0.25, 0.3) is 298 Å². The summed E-state index contributed by atoms with van der Waals surface area (Å²) in [5.74, 6) is 1.82. The summed E-state index contributed by atoms with van der Waals surface area (Å²) in [6, 6.07) is 124.